The van der Waals surface area contributed by atoms with Gasteiger partial charge in [-0.15, -0.1) is 0 Å². The summed E-state index contributed by atoms with van der Waals surface area (Å²) in [5, 5.41) is 51.8. The van der Waals surface area contributed by atoms with Crippen LogP contribution in [0.3, 0.4) is 0 Å². The average Bonchev–Trinajstić information content (AvgIpc) is 3.36. The molecule has 5 N–H and O–H groups in total. The number of aromatic hydroxyl groups is 1. The SMILES string of the molecule is C=C1C(=O)O[C@H]2[C@H]1[C@@H](O)CC(=C)[C@@H]1C[C@H](O[C@@H]3O[C@H](CO)[C@@H](O)[C@H](OC(=O)Cc4ccc(O)cc4)[C@H]3O)[C@@H](C)[C@@H]21. The van der Waals surface area contributed by atoms with Crippen LogP contribution in [-0.4, -0.2) is 93.1 Å². The van der Waals surface area contributed by atoms with Crippen LogP contribution in [0.25, 0.3) is 0 Å². The summed E-state index contributed by atoms with van der Waals surface area (Å²) < 4.78 is 23.0. The summed E-state index contributed by atoms with van der Waals surface area (Å²) in [6.45, 7) is 9.34. The number of benzene rings is 1. The number of carbonyl (C=O) groups is 2. The van der Waals surface area contributed by atoms with Gasteiger partial charge in [0.05, 0.1) is 31.2 Å². The van der Waals surface area contributed by atoms with Gasteiger partial charge in [0.1, 0.15) is 30.2 Å². The Morgan fingerprint density at radius 2 is 1.82 bits per heavy atom. The smallest absolute Gasteiger partial charge is 0.334 e. The number of fused-ring (bicyclic) bond motifs is 3. The molecule has 2 heterocycles. The van der Waals surface area contributed by atoms with Gasteiger partial charge in [-0.3, -0.25) is 4.79 Å². The average molecular weight is 561 g/mol. The third kappa shape index (κ3) is 5.17. The standard InChI is InChI=1S/C29H36O11/c1-12-8-18(32)23-14(3)28(36)40-26(23)22-13(2)19(10-17(12)22)37-29-25(35)27(24(34)20(11-30)38-29)39-21(33)9-15-4-6-16(31)7-5-15/h4-7,13,17-20,22-27,29-32,34-35H,1,3,8-11H2,2H3/t13-,17+,18+,19+,20-,22-,23-,24-,25-,26-,27+,29-/m1/s1. The number of rotatable bonds is 6. The van der Waals surface area contributed by atoms with Gasteiger partial charge in [0, 0.05) is 11.5 Å². The van der Waals surface area contributed by atoms with E-state index >= 15 is 0 Å². The van der Waals surface area contributed by atoms with E-state index in [-0.39, 0.29) is 41.9 Å². The van der Waals surface area contributed by atoms with E-state index in [0.717, 1.165) is 5.57 Å². The van der Waals surface area contributed by atoms with Crippen molar-refractivity contribution in [2.24, 2.45) is 23.7 Å². The maximum Gasteiger partial charge on any atom is 0.334 e. The molecule has 0 radical (unpaired) electrons. The maximum absolute atomic E-state index is 12.6. The zero-order chi connectivity index (χ0) is 28.9. The maximum atomic E-state index is 12.6. The number of hydrogen-bond acceptors (Lipinski definition) is 11. The Hall–Kier alpha value is -2.80. The van der Waals surface area contributed by atoms with E-state index in [9.17, 15) is 35.1 Å². The Labute approximate surface area is 231 Å². The Balaban J connectivity index is 1.31. The second kappa shape index (κ2) is 11.2. The van der Waals surface area contributed by atoms with E-state index in [2.05, 4.69) is 13.2 Å². The summed E-state index contributed by atoms with van der Waals surface area (Å²) >= 11 is 0. The molecule has 0 unspecified atom stereocenters. The third-order valence-electron chi connectivity index (χ3n) is 8.88. The van der Waals surface area contributed by atoms with Crippen LogP contribution in [0.5, 0.6) is 5.75 Å². The number of carbonyl (C=O) groups excluding carboxylic acids is 2. The molecule has 0 aromatic heterocycles. The molecule has 2 saturated heterocycles. The van der Waals surface area contributed by atoms with Crippen LogP contribution in [0.15, 0.2) is 48.6 Å². The van der Waals surface area contributed by atoms with Crippen molar-refractivity contribution >= 4 is 11.9 Å². The quantitative estimate of drug-likeness (QED) is 0.185. The highest BCUT2D eigenvalue weighted by molar-refractivity contribution is 5.91. The molecule has 4 fully saturated rings. The zero-order valence-electron chi connectivity index (χ0n) is 22.2. The number of phenolic OH excluding ortho intramolecular Hbond substituents is 1. The van der Waals surface area contributed by atoms with Crippen molar-refractivity contribution in [3.63, 3.8) is 0 Å². The van der Waals surface area contributed by atoms with E-state index in [0.29, 0.717) is 12.0 Å². The van der Waals surface area contributed by atoms with Gasteiger partial charge in [-0.1, -0.05) is 37.8 Å². The monoisotopic (exact) mass is 560 g/mol. The first-order chi connectivity index (χ1) is 19.0. The topological polar surface area (TPSA) is 172 Å². The lowest BCUT2D eigenvalue weighted by Crippen LogP contribution is -2.61. The summed E-state index contributed by atoms with van der Waals surface area (Å²) in [6.07, 6.45) is -8.39. The van der Waals surface area contributed by atoms with Gasteiger partial charge in [-0.05, 0) is 42.4 Å². The minimum Gasteiger partial charge on any atom is -0.508 e. The van der Waals surface area contributed by atoms with Crippen molar-refractivity contribution in [2.75, 3.05) is 6.61 Å². The molecule has 2 aliphatic heterocycles. The van der Waals surface area contributed by atoms with Crippen LogP contribution < -0.4 is 0 Å². The molecule has 0 amide bonds. The number of esters is 2. The highest BCUT2D eigenvalue weighted by Gasteiger charge is 2.58. The molecule has 0 bridgehead atoms. The van der Waals surface area contributed by atoms with Gasteiger partial charge in [0.15, 0.2) is 12.4 Å². The van der Waals surface area contributed by atoms with Gasteiger partial charge >= 0.3 is 11.9 Å². The second-order valence-electron chi connectivity index (χ2n) is 11.3. The Bertz CT molecular complexity index is 1150. The lowest BCUT2D eigenvalue weighted by Gasteiger charge is -2.42. The molecule has 11 heteroatoms. The summed E-state index contributed by atoms with van der Waals surface area (Å²) in [6, 6.07) is 5.95. The van der Waals surface area contributed by atoms with Crippen molar-refractivity contribution in [1.29, 1.82) is 0 Å². The number of aliphatic hydroxyl groups is 4. The van der Waals surface area contributed by atoms with E-state index in [1.54, 1.807) is 12.1 Å². The molecular formula is C29H36O11. The van der Waals surface area contributed by atoms with Gasteiger partial charge in [-0.25, -0.2) is 4.79 Å². The van der Waals surface area contributed by atoms with Crippen molar-refractivity contribution in [2.45, 2.75) is 75.2 Å². The molecule has 1 aromatic rings. The summed E-state index contributed by atoms with van der Waals surface area (Å²) in [5.74, 6) is -2.34. The fraction of sp³-hybridized carbons (Fsp3) is 0.586. The predicted molar refractivity (Wildman–Crippen MR) is 137 cm³/mol. The largest absolute Gasteiger partial charge is 0.508 e. The van der Waals surface area contributed by atoms with E-state index in [4.69, 9.17) is 18.9 Å². The summed E-state index contributed by atoms with van der Waals surface area (Å²) in [5.41, 5.74) is 1.61. The van der Waals surface area contributed by atoms with Crippen LogP contribution in [0.1, 0.15) is 25.3 Å². The summed E-state index contributed by atoms with van der Waals surface area (Å²) in [7, 11) is 0. The lowest BCUT2D eigenvalue weighted by atomic mass is 9.79. The Morgan fingerprint density at radius 3 is 2.50 bits per heavy atom. The number of ether oxygens (including phenoxy) is 4. The molecule has 11 nitrogen and oxygen atoms in total. The second-order valence-corrected chi connectivity index (χ2v) is 11.3. The molecule has 5 rings (SSSR count). The number of phenols is 1. The van der Waals surface area contributed by atoms with Gasteiger partial charge < -0.3 is 44.5 Å². The van der Waals surface area contributed by atoms with Crippen LogP contribution in [0, 0.1) is 23.7 Å². The van der Waals surface area contributed by atoms with Crippen molar-refractivity contribution in [3.05, 3.63) is 54.1 Å². The highest BCUT2D eigenvalue weighted by Crippen LogP contribution is 2.53. The minimum atomic E-state index is -1.57. The number of hydrogen-bond donors (Lipinski definition) is 5. The normalized spacial score (nSPS) is 41.2. The van der Waals surface area contributed by atoms with Crippen LogP contribution >= 0.6 is 0 Å². The molecule has 4 aliphatic rings. The fourth-order valence-corrected chi connectivity index (χ4v) is 6.76. The van der Waals surface area contributed by atoms with Crippen LogP contribution in [-0.2, 0) is 35.0 Å². The van der Waals surface area contributed by atoms with Gasteiger partial charge in [0.2, 0.25) is 0 Å². The van der Waals surface area contributed by atoms with Crippen molar-refractivity contribution < 1.29 is 54.1 Å². The zero-order valence-corrected chi connectivity index (χ0v) is 22.2. The minimum absolute atomic E-state index is 0.0427. The van der Waals surface area contributed by atoms with E-state index in [1.165, 1.54) is 12.1 Å². The van der Waals surface area contributed by atoms with Crippen molar-refractivity contribution in [3.8, 4) is 5.75 Å². The first-order valence-corrected chi connectivity index (χ1v) is 13.5. The lowest BCUT2D eigenvalue weighted by molar-refractivity contribution is -0.315. The van der Waals surface area contributed by atoms with E-state index in [1.807, 2.05) is 6.92 Å². The van der Waals surface area contributed by atoms with Crippen molar-refractivity contribution in [1.82, 2.24) is 0 Å². The fourth-order valence-electron chi connectivity index (χ4n) is 6.76. The van der Waals surface area contributed by atoms with Gasteiger partial charge in [-0.2, -0.15) is 0 Å². The first kappa shape index (κ1) is 28.7. The van der Waals surface area contributed by atoms with Gasteiger partial charge in [0.25, 0.3) is 0 Å². The molecular weight excluding hydrogens is 524 g/mol. The molecule has 1 aromatic carbocycles. The Kier molecular flexibility index (Phi) is 8.06. The molecule has 2 aliphatic carbocycles. The molecule has 0 spiro atoms. The molecule has 40 heavy (non-hydrogen) atoms. The molecule has 218 valence electrons. The summed E-state index contributed by atoms with van der Waals surface area (Å²) in [4.78, 5) is 25.0. The first-order valence-electron chi connectivity index (χ1n) is 13.5. The van der Waals surface area contributed by atoms with Crippen LogP contribution in [0.2, 0.25) is 0 Å². The Morgan fingerprint density at radius 1 is 1.12 bits per heavy atom. The molecule has 12 atom stereocenters. The van der Waals surface area contributed by atoms with E-state index < -0.39 is 73.5 Å². The third-order valence-corrected chi connectivity index (χ3v) is 8.88. The van der Waals surface area contributed by atoms with Crippen LogP contribution in [0.4, 0.5) is 0 Å². The molecule has 2 saturated carbocycles. The number of aliphatic hydroxyl groups excluding tert-OH is 4. The highest BCUT2D eigenvalue weighted by atomic mass is 16.7. The predicted octanol–water partition coefficient (Wildman–Crippen LogP) is 0.361.